The summed E-state index contributed by atoms with van der Waals surface area (Å²) in [5.74, 6) is 1.31. The SMILES string of the molecule is Cc1cccc(C(C)(C)C)c1OCCOc1ccccc1CNC(=O)CC#N. The Bertz CT molecular complexity index is 848. The van der Waals surface area contributed by atoms with Gasteiger partial charge in [0.1, 0.15) is 31.1 Å². The van der Waals surface area contributed by atoms with Crippen LogP contribution in [0.3, 0.4) is 0 Å². The molecule has 1 amide bonds. The van der Waals surface area contributed by atoms with Gasteiger partial charge in [0.15, 0.2) is 0 Å². The fraction of sp³-hybridized carbons (Fsp3) is 0.391. The third kappa shape index (κ3) is 6.02. The predicted octanol–water partition coefficient (Wildman–Crippen LogP) is 4.28. The molecule has 28 heavy (non-hydrogen) atoms. The minimum atomic E-state index is -0.296. The average molecular weight is 380 g/mol. The summed E-state index contributed by atoms with van der Waals surface area (Å²) in [5, 5.41) is 11.3. The summed E-state index contributed by atoms with van der Waals surface area (Å²) in [5.41, 5.74) is 3.14. The zero-order valence-electron chi connectivity index (χ0n) is 17.0. The third-order valence-corrected chi connectivity index (χ3v) is 4.30. The molecule has 2 aromatic carbocycles. The van der Waals surface area contributed by atoms with Gasteiger partial charge < -0.3 is 14.8 Å². The lowest BCUT2D eigenvalue weighted by molar-refractivity contribution is -0.120. The molecule has 5 heteroatoms. The van der Waals surface area contributed by atoms with Gasteiger partial charge in [0.25, 0.3) is 0 Å². The van der Waals surface area contributed by atoms with Crippen molar-refractivity contribution in [2.45, 2.75) is 46.1 Å². The highest BCUT2D eigenvalue weighted by molar-refractivity contribution is 5.78. The second-order valence-electron chi connectivity index (χ2n) is 7.62. The number of amides is 1. The number of nitrogens with one attached hydrogen (secondary N) is 1. The summed E-state index contributed by atoms with van der Waals surface area (Å²) in [6, 6.07) is 15.6. The van der Waals surface area contributed by atoms with E-state index in [1.54, 1.807) is 0 Å². The number of carbonyl (C=O) groups is 1. The molecule has 0 fully saturated rings. The number of para-hydroxylation sites is 2. The molecular formula is C23H28N2O3. The minimum Gasteiger partial charge on any atom is -0.490 e. The van der Waals surface area contributed by atoms with Crippen molar-refractivity contribution < 1.29 is 14.3 Å². The van der Waals surface area contributed by atoms with E-state index < -0.39 is 0 Å². The average Bonchev–Trinajstić information content (AvgIpc) is 2.64. The van der Waals surface area contributed by atoms with Gasteiger partial charge in [-0.25, -0.2) is 0 Å². The molecule has 2 aromatic rings. The van der Waals surface area contributed by atoms with Crippen LogP contribution in [0.15, 0.2) is 42.5 Å². The molecule has 0 saturated heterocycles. The topological polar surface area (TPSA) is 71.3 Å². The first-order chi connectivity index (χ1) is 13.3. The maximum atomic E-state index is 11.5. The number of hydrogen-bond acceptors (Lipinski definition) is 4. The molecule has 1 N–H and O–H groups in total. The van der Waals surface area contributed by atoms with Crippen LogP contribution in [-0.4, -0.2) is 19.1 Å². The second kappa shape index (κ2) is 9.80. The fourth-order valence-electron chi connectivity index (χ4n) is 2.85. The molecule has 0 aliphatic heterocycles. The highest BCUT2D eigenvalue weighted by Gasteiger charge is 2.20. The maximum absolute atomic E-state index is 11.5. The van der Waals surface area contributed by atoms with Crippen molar-refractivity contribution in [3.63, 3.8) is 0 Å². The van der Waals surface area contributed by atoms with E-state index in [1.807, 2.05) is 43.3 Å². The second-order valence-corrected chi connectivity index (χ2v) is 7.62. The Morgan fingerprint density at radius 3 is 2.50 bits per heavy atom. The van der Waals surface area contributed by atoms with E-state index in [9.17, 15) is 4.79 Å². The Kier molecular flexibility index (Phi) is 7.45. The molecule has 0 radical (unpaired) electrons. The summed E-state index contributed by atoms with van der Waals surface area (Å²) in [6.07, 6.45) is -0.149. The zero-order valence-corrected chi connectivity index (χ0v) is 17.0. The first-order valence-corrected chi connectivity index (χ1v) is 9.40. The van der Waals surface area contributed by atoms with Gasteiger partial charge in [-0.3, -0.25) is 4.79 Å². The number of nitrogens with zero attached hydrogens (tertiary/aromatic N) is 1. The Balaban J connectivity index is 1.95. The summed E-state index contributed by atoms with van der Waals surface area (Å²) in [7, 11) is 0. The van der Waals surface area contributed by atoms with Crippen molar-refractivity contribution >= 4 is 5.91 Å². The minimum absolute atomic E-state index is 0.00353. The van der Waals surface area contributed by atoms with Crippen molar-refractivity contribution in [2.75, 3.05) is 13.2 Å². The van der Waals surface area contributed by atoms with E-state index in [4.69, 9.17) is 14.7 Å². The van der Waals surface area contributed by atoms with Gasteiger partial charge in [0.05, 0.1) is 6.07 Å². The third-order valence-electron chi connectivity index (χ3n) is 4.30. The summed E-state index contributed by atoms with van der Waals surface area (Å²) < 4.78 is 11.9. The molecular weight excluding hydrogens is 352 g/mol. The molecule has 0 aliphatic rings. The molecule has 0 aliphatic carbocycles. The molecule has 0 bridgehead atoms. The van der Waals surface area contributed by atoms with Crippen LogP contribution in [-0.2, 0) is 16.8 Å². The molecule has 148 valence electrons. The van der Waals surface area contributed by atoms with Crippen molar-refractivity contribution in [3.8, 4) is 17.6 Å². The number of carbonyl (C=O) groups excluding carboxylic acids is 1. The lowest BCUT2D eigenvalue weighted by Gasteiger charge is -2.24. The fourth-order valence-corrected chi connectivity index (χ4v) is 2.85. The normalized spacial score (nSPS) is 10.8. The zero-order chi connectivity index (χ0) is 20.6. The van der Waals surface area contributed by atoms with Crippen LogP contribution in [0.4, 0.5) is 0 Å². The van der Waals surface area contributed by atoms with Crippen molar-refractivity contribution in [1.29, 1.82) is 5.26 Å². The first kappa shape index (κ1) is 21.3. The van der Waals surface area contributed by atoms with E-state index in [-0.39, 0.29) is 17.7 Å². The smallest absolute Gasteiger partial charge is 0.234 e. The van der Waals surface area contributed by atoms with Crippen LogP contribution < -0.4 is 14.8 Å². The molecule has 2 rings (SSSR count). The van der Waals surface area contributed by atoms with Crippen LogP contribution in [0.1, 0.15) is 43.9 Å². The predicted molar refractivity (Wildman–Crippen MR) is 109 cm³/mol. The van der Waals surface area contributed by atoms with Crippen LogP contribution in [0.25, 0.3) is 0 Å². The molecule has 0 unspecified atom stereocenters. The van der Waals surface area contributed by atoms with E-state index in [0.717, 1.165) is 16.9 Å². The lowest BCUT2D eigenvalue weighted by atomic mass is 9.85. The van der Waals surface area contributed by atoms with Crippen LogP contribution >= 0.6 is 0 Å². The van der Waals surface area contributed by atoms with Gasteiger partial charge in [0, 0.05) is 12.1 Å². The highest BCUT2D eigenvalue weighted by Crippen LogP contribution is 2.33. The number of ether oxygens (including phenoxy) is 2. The molecule has 0 atom stereocenters. The standard InChI is InChI=1S/C23H28N2O3/c1-17-8-7-10-19(23(2,3)4)22(17)28-15-14-27-20-11-6-5-9-18(20)16-25-21(26)12-13-24/h5-11H,12,14-16H2,1-4H3,(H,25,26). The van der Waals surface area contributed by atoms with E-state index >= 15 is 0 Å². The molecule has 0 saturated carbocycles. The lowest BCUT2D eigenvalue weighted by Crippen LogP contribution is -2.22. The Morgan fingerprint density at radius 1 is 1.07 bits per heavy atom. The maximum Gasteiger partial charge on any atom is 0.234 e. The quantitative estimate of drug-likeness (QED) is 0.694. The van der Waals surface area contributed by atoms with Gasteiger partial charge in [0.2, 0.25) is 5.91 Å². The van der Waals surface area contributed by atoms with Crippen molar-refractivity contribution in [2.24, 2.45) is 0 Å². The Morgan fingerprint density at radius 2 is 1.79 bits per heavy atom. The van der Waals surface area contributed by atoms with Gasteiger partial charge >= 0.3 is 0 Å². The Labute approximate surface area is 167 Å². The molecule has 0 heterocycles. The number of aryl methyl sites for hydroxylation is 1. The summed E-state index contributed by atoms with van der Waals surface area (Å²) in [6.45, 7) is 9.68. The monoisotopic (exact) mass is 380 g/mol. The number of nitriles is 1. The molecule has 5 nitrogen and oxygen atoms in total. The van der Waals surface area contributed by atoms with E-state index in [2.05, 4.69) is 38.2 Å². The van der Waals surface area contributed by atoms with E-state index in [0.29, 0.717) is 25.5 Å². The molecule has 0 aromatic heterocycles. The first-order valence-electron chi connectivity index (χ1n) is 9.40. The van der Waals surface area contributed by atoms with Crippen molar-refractivity contribution in [1.82, 2.24) is 5.32 Å². The van der Waals surface area contributed by atoms with Crippen molar-refractivity contribution in [3.05, 3.63) is 59.2 Å². The Hall–Kier alpha value is -3.00. The van der Waals surface area contributed by atoms with E-state index in [1.165, 1.54) is 5.56 Å². The summed E-state index contributed by atoms with van der Waals surface area (Å²) in [4.78, 5) is 11.5. The number of benzene rings is 2. The van der Waals surface area contributed by atoms with Gasteiger partial charge in [-0.05, 0) is 29.5 Å². The summed E-state index contributed by atoms with van der Waals surface area (Å²) >= 11 is 0. The highest BCUT2D eigenvalue weighted by atomic mass is 16.5. The van der Waals surface area contributed by atoms with Gasteiger partial charge in [-0.1, -0.05) is 57.2 Å². The molecule has 0 spiro atoms. The van der Waals surface area contributed by atoms with Gasteiger partial charge in [-0.2, -0.15) is 5.26 Å². The number of rotatable bonds is 8. The number of hydrogen-bond donors (Lipinski definition) is 1. The van der Waals surface area contributed by atoms with Crippen LogP contribution in [0.5, 0.6) is 11.5 Å². The van der Waals surface area contributed by atoms with Crippen LogP contribution in [0, 0.1) is 18.3 Å². The largest absolute Gasteiger partial charge is 0.490 e. The van der Waals surface area contributed by atoms with Gasteiger partial charge in [-0.15, -0.1) is 0 Å². The van der Waals surface area contributed by atoms with Crippen LogP contribution in [0.2, 0.25) is 0 Å².